The van der Waals surface area contributed by atoms with Crippen molar-refractivity contribution >= 4 is 0 Å². The van der Waals surface area contributed by atoms with E-state index in [1.165, 1.54) is 0 Å². The smallest absolute Gasteiger partial charge is 0.134 e. The topological polar surface area (TPSA) is 54.6 Å². The number of methoxy groups -OCH3 is 1. The first-order chi connectivity index (χ1) is 11.8. The average Bonchev–Trinajstić information content (AvgIpc) is 3.12. The van der Waals surface area contributed by atoms with E-state index >= 15 is 0 Å². The van der Waals surface area contributed by atoms with Gasteiger partial charge in [-0.15, -0.1) is 0 Å². The zero-order valence-electron chi connectivity index (χ0n) is 13.6. The molecule has 1 heterocycles. The SMILES string of the molecule is COc1cccc(C(CO)NCc2ccc(-c3ccccc3)o2)c1. The molecule has 1 aromatic heterocycles. The second-order valence-corrected chi connectivity index (χ2v) is 5.52. The molecule has 0 radical (unpaired) electrons. The number of rotatable bonds is 7. The Morgan fingerprint density at radius 1 is 1.04 bits per heavy atom. The van der Waals surface area contributed by atoms with E-state index in [0.29, 0.717) is 6.54 Å². The highest BCUT2D eigenvalue weighted by Crippen LogP contribution is 2.23. The molecule has 0 aliphatic carbocycles. The van der Waals surface area contributed by atoms with Crippen LogP contribution in [0.4, 0.5) is 0 Å². The molecule has 2 N–H and O–H groups in total. The molecule has 124 valence electrons. The molecule has 0 saturated heterocycles. The molecule has 24 heavy (non-hydrogen) atoms. The monoisotopic (exact) mass is 323 g/mol. The van der Waals surface area contributed by atoms with Gasteiger partial charge in [-0.3, -0.25) is 0 Å². The molecule has 3 aromatic rings. The maximum absolute atomic E-state index is 9.67. The van der Waals surface area contributed by atoms with Gasteiger partial charge in [0, 0.05) is 5.56 Å². The number of aliphatic hydroxyl groups is 1. The van der Waals surface area contributed by atoms with Gasteiger partial charge in [-0.05, 0) is 29.8 Å². The minimum atomic E-state index is -0.176. The minimum absolute atomic E-state index is 0.000577. The van der Waals surface area contributed by atoms with Crippen LogP contribution in [0.5, 0.6) is 5.75 Å². The molecule has 4 nitrogen and oxygen atoms in total. The Morgan fingerprint density at radius 3 is 2.62 bits per heavy atom. The lowest BCUT2D eigenvalue weighted by atomic mass is 10.1. The van der Waals surface area contributed by atoms with Crippen LogP contribution in [0.3, 0.4) is 0 Å². The summed E-state index contributed by atoms with van der Waals surface area (Å²) in [4.78, 5) is 0. The lowest BCUT2D eigenvalue weighted by molar-refractivity contribution is 0.240. The predicted octanol–water partition coefficient (Wildman–Crippen LogP) is 3.78. The molecule has 0 spiro atoms. The van der Waals surface area contributed by atoms with E-state index in [4.69, 9.17) is 9.15 Å². The molecule has 4 heteroatoms. The lowest BCUT2D eigenvalue weighted by Gasteiger charge is -2.16. The largest absolute Gasteiger partial charge is 0.497 e. The van der Waals surface area contributed by atoms with Crippen molar-refractivity contribution < 1.29 is 14.3 Å². The first-order valence-electron chi connectivity index (χ1n) is 7.92. The third-order valence-corrected chi connectivity index (χ3v) is 3.92. The normalized spacial score (nSPS) is 12.1. The number of benzene rings is 2. The molecule has 0 aliphatic heterocycles. The summed E-state index contributed by atoms with van der Waals surface area (Å²) in [5.41, 5.74) is 2.03. The summed E-state index contributed by atoms with van der Waals surface area (Å²) in [6.07, 6.45) is 0. The van der Waals surface area contributed by atoms with Crippen LogP contribution in [0.1, 0.15) is 17.4 Å². The quantitative estimate of drug-likeness (QED) is 0.695. The highest BCUT2D eigenvalue weighted by atomic mass is 16.5. The molecular formula is C20H21NO3. The van der Waals surface area contributed by atoms with Crippen LogP contribution in [0.25, 0.3) is 11.3 Å². The summed E-state index contributed by atoms with van der Waals surface area (Å²) in [6.45, 7) is 0.536. The minimum Gasteiger partial charge on any atom is -0.497 e. The van der Waals surface area contributed by atoms with Crippen LogP contribution in [0.2, 0.25) is 0 Å². The second-order valence-electron chi connectivity index (χ2n) is 5.52. The third kappa shape index (κ3) is 3.85. The van der Waals surface area contributed by atoms with Gasteiger partial charge in [-0.25, -0.2) is 0 Å². The molecule has 1 unspecified atom stereocenters. The van der Waals surface area contributed by atoms with E-state index in [9.17, 15) is 5.11 Å². The van der Waals surface area contributed by atoms with Gasteiger partial charge < -0.3 is 19.6 Å². The van der Waals surface area contributed by atoms with E-state index in [2.05, 4.69) is 5.32 Å². The van der Waals surface area contributed by atoms with Crippen LogP contribution >= 0.6 is 0 Å². The van der Waals surface area contributed by atoms with Crippen LogP contribution < -0.4 is 10.1 Å². The van der Waals surface area contributed by atoms with Crippen LogP contribution in [0.15, 0.2) is 71.1 Å². The van der Waals surface area contributed by atoms with Crippen molar-refractivity contribution in [3.63, 3.8) is 0 Å². The van der Waals surface area contributed by atoms with Gasteiger partial charge in [0.1, 0.15) is 17.3 Å². The molecule has 0 aliphatic rings. The Bertz CT molecular complexity index is 767. The van der Waals surface area contributed by atoms with Crippen molar-refractivity contribution in [2.24, 2.45) is 0 Å². The van der Waals surface area contributed by atoms with E-state index < -0.39 is 0 Å². The number of hydrogen-bond acceptors (Lipinski definition) is 4. The van der Waals surface area contributed by atoms with Crippen molar-refractivity contribution in [2.75, 3.05) is 13.7 Å². The fourth-order valence-corrected chi connectivity index (χ4v) is 2.60. The fraction of sp³-hybridized carbons (Fsp3) is 0.200. The van der Waals surface area contributed by atoms with E-state index in [1.807, 2.05) is 66.7 Å². The van der Waals surface area contributed by atoms with Crippen molar-refractivity contribution in [3.05, 3.63) is 78.1 Å². The number of nitrogens with one attached hydrogen (secondary N) is 1. The average molecular weight is 323 g/mol. The van der Waals surface area contributed by atoms with Gasteiger partial charge in [0.25, 0.3) is 0 Å². The second kappa shape index (κ2) is 7.81. The highest BCUT2D eigenvalue weighted by Gasteiger charge is 2.12. The summed E-state index contributed by atoms with van der Waals surface area (Å²) in [5.74, 6) is 2.45. The Balaban J connectivity index is 1.67. The molecule has 1 atom stereocenters. The maximum Gasteiger partial charge on any atom is 0.134 e. The van der Waals surface area contributed by atoms with Gasteiger partial charge in [-0.2, -0.15) is 0 Å². The zero-order chi connectivity index (χ0) is 16.8. The van der Waals surface area contributed by atoms with Crippen LogP contribution in [0, 0.1) is 0 Å². The van der Waals surface area contributed by atoms with Crippen molar-refractivity contribution in [1.82, 2.24) is 5.32 Å². The summed E-state index contributed by atoms with van der Waals surface area (Å²) in [7, 11) is 1.63. The predicted molar refractivity (Wildman–Crippen MR) is 93.8 cm³/mol. The van der Waals surface area contributed by atoms with E-state index in [-0.39, 0.29) is 12.6 Å². The van der Waals surface area contributed by atoms with Gasteiger partial charge in [0.2, 0.25) is 0 Å². The molecule has 0 amide bonds. The zero-order valence-corrected chi connectivity index (χ0v) is 13.6. The molecule has 3 rings (SSSR count). The first kappa shape index (κ1) is 16.3. The van der Waals surface area contributed by atoms with Gasteiger partial charge in [0.15, 0.2) is 0 Å². The maximum atomic E-state index is 9.67. The van der Waals surface area contributed by atoms with E-state index in [0.717, 1.165) is 28.4 Å². The highest BCUT2D eigenvalue weighted by molar-refractivity contribution is 5.57. The standard InChI is InChI=1S/C20H21NO3/c1-23-17-9-5-8-16(12-17)19(14-22)21-13-18-10-11-20(24-18)15-6-3-2-4-7-15/h2-12,19,21-22H,13-14H2,1H3. The fourth-order valence-electron chi connectivity index (χ4n) is 2.60. The summed E-state index contributed by atoms with van der Waals surface area (Å²) >= 11 is 0. The van der Waals surface area contributed by atoms with Crippen LogP contribution in [-0.2, 0) is 6.54 Å². The number of furan rings is 1. The molecule has 0 bridgehead atoms. The van der Waals surface area contributed by atoms with Crippen LogP contribution in [-0.4, -0.2) is 18.8 Å². The van der Waals surface area contributed by atoms with Gasteiger partial charge in [0.05, 0.1) is 26.3 Å². The van der Waals surface area contributed by atoms with Gasteiger partial charge >= 0.3 is 0 Å². The lowest BCUT2D eigenvalue weighted by Crippen LogP contribution is -2.23. The number of aliphatic hydroxyl groups excluding tert-OH is 1. The third-order valence-electron chi connectivity index (χ3n) is 3.92. The molecule has 2 aromatic carbocycles. The molecular weight excluding hydrogens is 302 g/mol. The first-order valence-corrected chi connectivity index (χ1v) is 7.92. The van der Waals surface area contributed by atoms with Crippen molar-refractivity contribution in [3.8, 4) is 17.1 Å². The van der Waals surface area contributed by atoms with Gasteiger partial charge in [-0.1, -0.05) is 42.5 Å². The van der Waals surface area contributed by atoms with Crippen molar-refractivity contribution in [2.45, 2.75) is 12.6 Å². The number of ether oxygens (including phenoxy) is 1. The number of hydrogen-bond donors (Lipinski definition) is 2. The molecule has 0 saturated carbocycles. The Labute approximate surface area is 141 Å². The Morgan fingerprint density at radius 2 is 1.88 bits per heavy atom. The Kier molecular flexibility index (Phi) is 5.31. The summed E-state index contributed by atoms with van der Waals surface area (Å²) < 4.78 is 11.1. The Hall–Kier alpha value is -2.56. The summed E-state index contributed by atoms with van der Waals surface area (Å²) in [5, 5.41) is 13.0. The van der Waals surface area contributed by atoms with E-state index in [1.54, 1.807) is 7.11 Å². The molecule has 0 fully saturated rings. The van der Waals surface area contributed by atoms with Crippen molar-refractivity contribution in [1.29, 1.82) is 0 Å². The summed E-state index contributed by atoms with van der Waals surface area (Å²) in [6, 6.07) is 21.4.